The number of rotatable bonds is 4. The molecule has 1 saturated heterocycles. The average Bonchev–Trinajstić information content (AvgIpc) is 2.94. The lowest BCUT2D eigenvalue weighted by atomic mass is 9.92. The van der Waals surface area contributed by atoms with Gasteiger partial charge in [-0.15, -0.1) is 0 Å². The summed E-state index contributed by atoms with van der Waals surface area (Å²) in [5.41, 5.74) is 9.17. The molecule has 2 heterocycles. The SMILES string of the molecule is CCCC1CCN(c2nc3c(cc2C(=N)N)CCC3)CC1. The van der Waals surface area contributed by atoms with E-state index in [9.17, 15) is 0 Å². The first-order chi connectivity index (χ1) is 10.2. The molecular formula is C17H26N4. The second-order valence-electron chi connectivity index (χ2n) is 6.45. The number of piperidine rings is 1. The van der Waals surface area contributed by atoms with Crippen molar-refractivity contribution in [3.63, 3.8) is 0 Å². The minimum atomic E-state index is 0.155. The molecule has 0 saturated carbocycles. The predicted octanol–water partition coefficient (Wildman–Crippen LogP) is 2.87. The maximum Gasteiger partial charge on any atom is 0.139 e. The van der Waals surface area contributed by atoms with Crippen molar-refractivity contribution in [2.24, 2.45) is 11.7 Å². The first kappa shape index (κ1) is 14.4. The summed E-state index contributed by atoms with van der Waals surface area (Å²) in [5.74, 6) is 1.97. The number of amidine groups is 1. The first-order valence-corrected chi connectivity index (χ1v) is 8.31. The number of nitrogens with zero attached hydrogens (tertiary/aromatic N) is 2. The Hall–Kier alpha value is -1.58. The Morgan fingerprint density at radius 2 is 2.14 bits per heavy atom. The highest BCUT2D eigenvalue weighted by Crippen LogP contribution is 2.30. The average molecular weight is 286 g/mol. The number of aryl methyl sites for hydroxylation is 2. The second kappa shape index (κ2) is 6.04. The van der Waals surface area contributed by atoms with E-state index in [2.05, 4.69) is 17.9 Å². The Labute approximate surface area is 127 Å². The highest BCUT2D eigenvalue weighted by molar-refractivity contribution is 6.00. The molecule has 0 spiro atoms. The molecule has 1 fully saturated rings. The summed E-state index contributed by atoms with van der Waals surface area (Å²) >= 11 is 0. The van der Waals surface area contributed by atoms with Crippen molar-refractivity contribution < 1.29 is 0 Å². The van der Waals surface area contributed by atoms with Crippen LogP contribution >= 0.6 is 0 Å². The number of nitrogens with one attached hydrogen (secondary N) is 1. The molecule has 1 aromatic heterocycles. The van der Waals surface area contributed by atoms with Crippen LogP contribution < -0.4 is 10.6 Å². The van der Waals surface area contributed by atoms with Crippen LogP contribution in [0.25, 0.3) is 0 Å². The van der Waals surface area contributed by atoms with E-state index in [0.717, 1.165) is 43.2 Å². The summed E-state index contributed by atoms with van der Waals surface area (Å²) in [5, 5.41) is 7.87. The Morgan fingerprint density at radius 3 is 2.81 bits per heavy atom. The number of hydrogen-bond acceptors (Lipinski definition) is 3. The summed E-state index contributed by atoms with van der Waals surface area (Å²) in [6.45, 7) is 4.37. The monoisotopic (exact) mass is 286 g/mol. The lowest BCUT2D eigenvalue weighted by molar-refractivity contribution is 0.377. The van der Waals surface area contributed by atoms with Crippen molar-refractivity contribution in [3.05, 3.63) is 22.9 Å². The second-order valence-corrected chi connectivity index (χ2v) is 6.45. The van der Waals surface area contributed by atoms with Crippen LogP contribution in [0.5, 0.6) is 0 Å². The Kier molecular flexibility index (Phi) is 4.13. The Bertz CT molecular complexity index is 530. The molecule has 0 bridgehead atoms. The third-order valence-corrected chi connectivity index (χ3v) is 4.93. The van der Waals surface area contributed by atoms with E-state index in [-0.39, 0.29) is 5.84 Å². The number of fused-ring (bicyclic) bond motifs is 1. The van der Waals surface area contributed by atoms with Gasteiger partial charge in [0.1, 0.15) is 11.7 Å². The minimum absolute atomic E-state index is 0.155. The molecule has 4 heteroatoms. The van der Waals surface area contributed by atoms with Gasteiger partial charge in [-0.1, -0.05) is 19.8 Å². The maximum absolute atomic E-state index is 7.87. The molecule has 3 N–H and O–H groups in total. The van der Waals surface area contributed by atoms with Crippen molar-refractivity contribution in [1.29, 1.82) is 5.41 Å². The van der Waals surface area contributed by atoms with Crippen molar-refractivity contribution in [2.45, 2.75) is 51.9 Å². The Balaban J connectivity index is 1.83. The lowest BCUT2D eigenvalue weighted by Gasteiger charge is -2.34. The van der Waals surface area contributed by atoms with E-state index in [0.29, 0.717) is 0 Å². The highest BCUT2D eigenvalue weighted by atomic mass is 15.2. The summed E-state index contributed by atoms with van der Waals surface area (Å²) in [4.78, 5) is 7.22. The van der Waals surface area contributed by atoms with Crippen LogP contribution in [0, 0.1) is 11.3 Å². The van der Waals surface area contributed by atoms with Gasteiger partial charge in [-0.2, -0.15) is 0 Å². The van der Waals surface area contributed by atoms with Gasteiger partial charge < -0.3 is 10.6 Å². The van der Waals surface area contributed by atoms with Gasteiger partial charge in [0, 0.05) is 18.8 Å². The van der Waals surface area contributed by atoms with E-state index < -0.39 is 0 Å². The predicted molar refractivity (Wildman–Crippen MR) is 87.1 cm³/mol. The van der Waals surface area contributed by atoms with Gasteiger partial charge in [0.05, 0.1) is 5.56 Å². The quantitative estimate of drug-likeness (QED) is 0.660. The number of anilines is 1. The van der Waals surface area contributed by atoms with Crippen molar-refractivity contribution in [1.82, 2.24) is 4.98 Å². The normalized spacial score (nSPS) is 18.8. The van der Waals surface area contributed by atoms with Gasteiger partial charge in [-0.05, 0) is 49.7 Å². The van der Waals surface area contributed by atoms with E-state index >= 15 is 0 Å². The minimum Gasteiger partial charge on any atom is -0.384 e. The van der Waals surface area contributed by atoms with Gasteiger partial charge >= 0.3 is 0 Å². The van der Waals surface area contributed by atoms with Crippen LogP contribution in [0.1, 0.15) is 55.8 Å². The van der Waals surface area contributed by atoms with Gasteiger partial charge in [0.2, 0.25) is 0 Å². The van der Waals surface area contributed by atoms with Crippen LogP contribution in [0.2, 0.25) is 0 Å². The fourth-order valence-corrected chi connectivity index (χ4v) is 3.74. The van der Waals surface area contributed by atoms with Gasteiger partial charge in [0.25, 0.3) is 0 Å². The molecule has 1 aliphatic heterocycles. The molecule has 1 aromatic rings. The largest absolute Gasteiger partial charge is 0.384 e. The molecule has 2 aliphatic rings. The number of nitrogens with two attached hydrogens (primary N) is 1. The molecule has 3 rings (SSSR count). The topological polar surface area (TPSA) is 66.0 Å². The summed E-state index contributed by atoms with van der Waals surface area (Å²) < 4.78 is 0. The van der Waals surface area contributed by atoms with Crippen LogP contribution in [0.3, 0.4) is 0 Å². The molecule has 0 radical (unpaired) electrons. The van der Waals surface area contributed by atoms with E-state index in [4.69, 9.17) is 16.1 Å². The fourth-order valence-electron chi connectivity index (χ4n) is 3.74. The third-order valence-electron chi connectivity index (χ3n) is 4.93. The fraction of sp³-hybridized carbons (Fsp3) is 0.647. The van der Waals surface area contributed by atoms with Crippen molar-refractivity contribution in [3.8, 4) is 0 Å². The Morgan fingerprint density at radius 1 is 1.38 bits per heavy atom. The zero-order valence-corrected chi connectivity index (χ0v) is 13.0. The van der Waals surface area contributed by atoms with Crippen molar-refractivity contribution in [2.75, 3.05) is 18.0 Å². The van der Waals surface area contributed by atoms with Crippen LogP contribution in [-0.4, -0.2) is 23.9 Å². The summed E-state index contributed by atoms with van der Waals surface area (Å²) in [6.07, 6.45) is 8.44. The van der Waals surface area contributed by atoms with Crippen LogP contribution in [0.15, 0.2) is 6.07 Å². The molecule has 0 amide bonds. The molecule has 4 nitrogen and oxygen atoms in total. The van der Waals surface area contributed by atoms with Gasteiger partial charge in [-0.25, -0.2) is 4.98 Å². The van der Waals surface area contributed by atoms with Crippen LogP contribution in [-0.2, 0) is 12.8 Å². The van der Waals surface area contributed by atoms with E-state index in [1.807, 2.05) is 0 Å². The number of aromatic nitrogens is 1. The van der Waals surface area contributed by atoms with Gasteiger partial charge in [-0.3, -0.25) is 5.41 Å². The zero-order chi connectivity index (χ0) is 14.8. The van der Waals surface area contributed by atoms with Gasteiger partial charge in [0.15, 0.2) is 0 Å². The smallest absolute Gasteiger partial charge is 0.139 e. The number of nitrogen functional groups attached to an aromatic ring is 1. The number of hydrogen-bond donors (Lipinski definition) is 2. The van der Waals surface area contributed by atoms with E-state index in [1.54, 1.807) is 0 Å². The molecule has 0 unspecified atom stereocenters. The number of pyridine rings is 1. The molecule has 0 atom stereocenters. The molecule has 1 aliphatic carbocycles. The molecular weight excluding hydrogens is 260 g/mol. The zero-order valence-electron chi connectivity index (χ0n) is 13.0. The maximum atomic E-state index is 7.87. The van der Waals surface area contributed by atoms with Crippen molar-refractivity contribution >= 4 is 11.7 Å². The van der Waals surface area contributed by atoms with E-state index in [1.165, 1.54) is 43.4 Å². The third kappa shape index (κ3) is 2.89. The molecule has 21 heavy (non-hydrogen) atoms. The molecule has 0 aromatic carbocycles. The standard InChI is InChI=1S/C17H26N4/c1-2-4-12-7-9-21(10-8-12)17-14(16(18)19)11-13-5-3-6-15(13)20-17/h11-12H,2-10H2,1H3,(H3,18,19). The first-order valence-electron chi connectivity index (χ1n) is 8.31. The summed E-state index contributed by atoms with van der Waals surface area (Å²) in [7, 11) is 0. The highest BCUT2D eigenvalue weighted by Gasteiger charge is 2.24. The van der Waals surface area contributed by atoms with Crippen LogP contribution in [0.4, 0.5) is 5.82 Å². The lowest BCUT2D eigenvalue weighted by Crippen LogP contribution is -2.36. The molecule has 114 valence electrons. The summed E-state index contributed by atoms with van der Waals surface area (Å²) in [6, 6.07) is 2.12.